The van der Waals surface area contributed by atoms with Gasteiger partial charge >= 0.3 is 0 Å². The molecule has 1 aromatic heterocycles. The van der Waals surface area contributed by atoms with Crippen LogP contribution in [0.1, 0.15) is 38.4 Å². The lowest BCUT2D eigenvalue weighted by atomic mass is 10.1. The van der Waals surface area contributed by atoms with Crippen LogP contribution in [0.4, 0.5) is 0 Å². The molecule has 0 unspecified atom stereocenters. The highest BCUT2D eigenvalue weighted by Crippen LogP contribution is 2.19. The number of hydrogen-bond acceptors (Lipinski definition) is 3. The third kappa shape index (κ3) is 5.72. The monoisotopic (exact) mass is 328 g/mol. The molecule has 0 aliphatic rings. The van der Waals surface area contributed by atoms with Crippen LogP contribution < -0.4 is 10.6 Å². The van der Waals surface area contributed by atoms with Crippen molar-refractivity contribution in [3.8, 4) is 11.5 Å². The zero-order valence-electron chi connectivity index (χ0n) is 15.1. The highest BCUT2D eigenvalue weighted by Gasteiger charge is 2.06. The quantitative estimate of drug-likeness (QED) is 0.600. The van der Waals surface area contributed by atoms with Crippen molar-refractivity contribution in [3.05, 3.63) is 41.8 Å². The van der Waals surface area contributed by atoms with Crippen LogP contribution in [0, 0.1) is 12.8 Å². The maximum absolute atomic E-state index is 5.57. The molecule has 5 nitrogen and oxygen atoms in total. The van der Waals surface area contributed by atoms with E-state index in [2.05, 4.69) is 60.4 Å². The SMILES string of the molecule is CCNC(=NCc1coc(-c2ccc(C)cc2)n1)NCCC(C)C. The summed E-state index contributed by atoms with van der Waals surface area (Å²) in [6, 6.07) is 8.15. The normalized spacial score (nSPS) is 11.8. The maximum atomic E-state index is 5.57. The van der Waals surface area contributed by atoms with Crippen LogP contribution >= 0.6 is 0 Å². The van der Waals surface area contributed by atoms with Crippen molar-refractivity contribution in [1.29, 1.82) is 0 Å². The number of benzene rings is 1. The van der Waals surface area contributed by atoms with Gasteiger partial charge in [-0.15, -0.1) is 0 Å². The van der Waals surface area contributed by atoms with Gasteiger partial charge in [-0.25, -0.2) is 9.98 Å². The van der Waals surface area contributed by atoms with E-state index in [1.807, 2.05) is 12.1 Å². The van der Waals surface area contributed by atoms with Crippen LogP contribution in [0.2, 0.25) is 0 Å². The Balaban J connectivity index is 1.97. The van der Waals surface area contributed by atoms with E-state index in [0.717, 1.165) is 36.7 Å². The number of aliphatic imine (C=N–C) groups is 1. The number of hydrogen-bond donors (Lipinski definition) is 2. The van der Waals surface area contributed by atoms with Gasteiger partial charge in [-0.05, 0) is 38.3 Å². The Hall–Kier alpha value is -2.30. The summed E-state index contributed by atoms with van der Waals surface area (Å²) in [5.74, 6) is 2.13. The van der Waals surface area contributed by atoms with Gasteiger partial charge in [0.25, 0.3) is 0 Å². The first kappa shape index (κ1) is 18.0. The number of nitrogens with zero attached hydrogens (tertiary/aromatic N) is 2. The smallest absolute Gasteiger partial charge is 0.226 e. The molecule has 1 aromatic carbocycles. The first-order valence-electron chi connectivity index (χ1n) is 8.62. The molecule has 2 N–H and O–H groups in total. The molecule has 0 spiro atoms. The largest absolute Gasteiger partial charge is 0.444 e. The van der Waals surface area contributed by atoms with Gasteiger partial charge in [0.2, 0.25) is 5.89 Å². The molecule has 2 aromatic rings. The number of oxazole rings is 1. The highest BCUT2D eigenvalue weighted by atomic mass is 16.3. The molecule has 0 saturated carbocycles. The highest BCUT2D eigenvalue weighted by molar-refractivity contribution is 5.79. The topological polar surface area (TPSA) is 62.5 Å². The van der Waals surface area contributed by atoms with Gasteiger partial charge in [0.1, 0.15) is 12.0 Å². The zero-order chi connectivity index (χ0) is 17.4. The molecular formula is C19H28N4O. The van der Waals surface area contributed by atoms with Crippen LogP contribution in [0.3, 0.4) is 0 Å². The van der Waals surface area contributed by atoms with E-state index in [4.69, 9.17) is 4.42 Å². The zero-order valence-corrected chi connectivity index (χ0v) is 15.1. The van der Waals surface area contributed by atoms with Gasteiger partial charge < -0.3 is 15.1 Å². The van der Waals surface area contributed by atoms with Gasteiger partial charge in [-0.3, -0.25) is 0 Å². The fraction of sp³-hybridized carbons (Fsp3) is 0.474. The summed E-state index contributed by atoms with van der Waals surface area (Å²) >= 11 is 0. The van der Waals surface area contributed by atoms with Crippen LogP contribution in [0.25, 0.3) is 11.5 Å². The summed E-state index contributed by atoms with van der Waals surface area (Å²) in [7, 11) is 0. The maximum Gasteiger partial charge on any atom is 0.226 e. The molecule has 0 aliphatic carbocycles. The Kier molecular flexibility index (Phi) is 6.85. The minimum Gasteiger partial charge on any atom is -0.444 e. The van der Waals surface area contributed by atoms with Gasteiger partial charge in [-0.1, -0.05) is 31.5 Å². The molecule has 0 bridgehead atoms. The molecule has 0 radical (unpaired) electrons. The van der Waals surface area contributed by atoms with Crippen molar-refractivity contribution in [3.63, 3.8) is 0 Å². The minimum absolute atomic E-state index is 0.492. The van der Waals surface area contributed by atoms with Crippen LogP contribution in [-0.4, -0.2) is 24.0 Å². The predicted octanol–water partition coefficient (Wildman–Crippen LogP) is 3.75. The third-order valence-corrected chi connectivity index (χ3v) is 3.61. The molecule has 0 aliphatic heterocycles. The summed E-state index contributed by atoms with van der Waals surface area (Å²) in [6.07, 6.45) is 2.79. The molecule has 0 saturated heterocycles. The van der Waals surface area contributed by atoms with E-state index >= 15 is 0 Å². The van der Waals surface area contributed by atoms with Gasteiger partial charge in [0.15, 0.2) is 5.96 Å². The summed E-state index contributed by atoms with van der Waals surface area (Å²) in [6.45, 7) is 10.8. The van der Waals surface area contributed by atoms with Crippen molar-refractivity contribution in [2.24, 2.45) is 10.9 Å². The van der Waals surface area contributed by atoms with Crippen molar-refractivity contribution < 1.29 is 4.42 Å². The third-order valence-electron chi connectivity index (χ3n) is 3.61. The van der Waals surface area contributed by atoms with Crippen LogP contribution in [0.15, 0.2) is 39.9 Å². The molecule has 5 heteroatoms. The second-order valence-corrected chi connectivity index (χ2v) is 6.31. The number of aromatic nitrogens is 1. The molecule has 24 heavy (non-hydrogen) atoms. The molecule has 130 valence electrons. The second-order valence-electron chi connectivity index (χ2n) is 6.31. The Labute approximate surface area is 144 Å². The number of nitrogens with one attached hydrogen (secondary N) is 2. The van der Waals surface area contributed by atoms with Gasteiger partial charge in [-0.2, -0.15) is 0 Å². The molecule has 0 amide bonds. The first-order valence-corrected chi connectivity index (χ1v) is 8.62. The predicted molar refractivity (Wildman–Crippen MR) is 98.9 cm³/mol. The number of rotatable bonds is 7. The standard InChI is InChI=1S/C19H28N4O/c1-5-20-19(21-11-10-14(2)3)22-12-17-13-24-18(23-17)16-8-6-15(4)7-9-16/h6-9,13-14H,5,10-12H2,1-4H3,(H2,20,21,22). The van der Waals surface area contributed by atoms with E-state index in [1.165, 1.54) is 5.56 Å². The van der Waals surface area contributed by atoms with E-state index in [0.29, 0.717) is 18.4 Å². The summed E-state index contributed by atoms with van der Waals surface area (Å²) < 4.78 is 5.57. The Morgan fingerprint density at radius 1 is 1.21 bits per heavy atom. The Morgan fingerprint density at radius 3 is 2.62 bits per heavy atom. The summed E-state index contributed by atoms with van der Waals surface area (Å²) in [5.41, 5.74) is 3.03. The molecule has 2 rings (SSSR count). The average Bonchev–Trinajstić information content (AvgIpc) is 3.02. The van der Waals surface area contributed by atoms with E-state index < -0.39 is 0 Å². The van der Waals surface area contributed by atoms with E-state index in [1.54, 1.807) is 6.26 Å². The van der Waals surface area contributed by atoms with Crippen molar-refractivity contribution in [2.45, 2.75) is 40.7 Å². The first-order chi connectivity index (χ1) is 11.6. The van der Waals surface area contributed by atoms with E-state index in [9.17, 15) is 0 Å². The lowest BCUT2D eigenvalue weighted by molar-refractivity contribution is 0.571. The fourth-order valence-electron chi connectivity index (χ4n) is 2.19. The summed E-state index contributed by atoms with van der Waals surface area (Å²) in [5, 5.41) is 6.60. The minimum atomic E-state index is 0.492. The van der Waals surface area contributed by atoms with E-state index in [-0.39, 0.29) is 0 Å². The Morgan fingerprint density at radius 2 is 1.96 bits per heavy atom. The Bertz CT molecular complexity index is 644. The number of guanidine groups is 1. The molecular weight excluding hydrogens is 300 g/mol. The lowest BCUT2D eigenvalue weighted by Gasteiger charge is -2.11. The lowest BCUT2D eigenvalue weighted by Crippen LogP contribution is -2.38. The van der Waals surface area contributed by atoms with Crippen LogP contribution in [-0.2, 0) is 6.54 Å². The molecule has 0 fully saturated rings. The van der Waals surface area contributed by atoms with Gasteiger partial charge in [0, 0.05) is 18.7 Å². The number of aryl methyl sites for hydroxylation is 1. The van der Waals surface area contributed by atoms with Crippen molar-refractivity contribution in [2.75, 3.05) is 13.1 Å². The fourth-order valence-corrected chi connectivity index (χ4v) is 2.19. The van der Waals surface area contributed by atoms with Crippen molar-refractivity contribution >= 4 is 5.96 Å². The van der Waals surface area contributed by atoms with Crippen LogP contribution in [0.5, 0.6) is 0 Å². The molecule has 1 heterocycles. The van der Waals surface area contributed by atoms with Gasteiger partial charge in [0.05, 0.1) is 6.54 Å². The second kappa shape index (κ2) is 9.11. The molecule has 0 atom stereocenters. The average molecular weight is 328 g/mol. The van der Waals surface area contributed by atoms with Crippen molar-refractivity contribution in [1.82, 2.24) is 15.6 Å². The summed E-state index contributed by atoms with van der Waals surface area (Å²) in [4.78, 5) is 9.10.